The molecule has 0 spiro atoms. The first kappa shape index (κ1) is 14.5. The van der Waals surface area contributed by atoms with E-state index in [9.17, 15) is 19.2 Å². The number of Topliss-reactive ketones (excluding diaryl/α,β-unsaturated/α-hetero) is 1. The first-order valence-corrected chi connectivity index (χ1v) is 6.90. The lowest BCUT2D eigenvalue weighted by Crippen LogP contribution is -2.69. The Kier molecular flexibility index (Phi) is 3.55. The third-order valence-corrected chi connectivity index (χ3v) is 4.16. The summed E-state index contributed by atoms with van der Waals surface area (Å²) in [7, 11) is 1.17. The molecule has 0 aromatic carbocycles. The highest BCUT2D eigenvalue weighted by Gasteiger charge is 2.61. The zero-order valence-electron chi connectivity index (χ0n) is 11.2. The van der Waals surface area contributed by atoms with Crippen molar-refractivity contribution < 1.29 is 23.9 Å². The highest BCUT2D eigenvalue weighted by atomic mass is 32.2. The van der Waals surface area contributed by atoms with E-state index in [1.54, 1.807) is 0 Å². The maximum atomic E-state index is 12.3. The highest BCUT2D eigenvalue weighted by molar-refractivity contribution is 7.99. The van der Waals surface area contributed by atoms with Gasteiger partial charge in [0.05, 0.1) is 18.7 Å². The van der Waals surface area contributed by atoms with Crippen molar-refractivity contribution in [1.82, 2.24) is 9.91 Å². The number of fused-ring (bicyclic) bond motifs is 1. The Bertz CT molecular complexity index is 546. The number of esters is 1. The molecule has 8 nitrogen and oxygen atoms in total. The molecule has 20 heavy (non-hydrogen) atoms. The number of ether oxygens (including phenoxy) is 1. The number of methoxy groups -OCH3 is 1. The Morgan fingerprint density at radius 3 is 2.50 bits per heavy atom. The number of thioether (sulfide) groups is 1. The standard InChI is InChI=1S/C11H13N3O5S/c1-6(15)8-9(17)13-5-20-4-11(13,10(18)19-3)14(12-8)7(2)16/h4-5H2,1-3H3/t11-/m1/s1. The van der Waals surface area contributed by atoms with Crippen LogP contribution in [-0.2, 0) is 23.9 Å². The number of hydrazone groups is 1. The average Bonchev–Trinajstić information content (AvgIpc) is 2.83. The van der Waals surface area contributed by atoms with Crippen molar-refractivity contribution in [2.45, 2.75) is 19.5 Å². The first-order chi connectivity index (χ1) is 9.36. The lowest BCUT2D eigenvalue weighted by atomic mass is 10.1. The molecule has 0 aliphatic carbocycles. The number of carbonyl (C=O) groups excluding carboxylic acids is 4. The normalized spacial score (nSPS) is 25.1. The smallest absolute Gasteiger partial charge is 0.356 e. The van der Waals surface area contributed by atoms with Gasteiger partial charge in [0.15, 0.2) is 11.5 Å². The molecule has 0 aromatic heterocycles. The molecule has 0 unspecified atom stereocenters. The van der Waals surface area contributed by atoms with Gasteiger partial charge in [0, 0.05) is 13.8 Å². The third-order valence-electron chi connectivity index (χ3n) is 3.11. The fraction of sp³-hybridized carbons (Fsp3) is 0.545. The van der Waals surface area contributed by atoms with E-state index in [-0.39, 0.29) is 17.3 Å². The van der Waals surface area contributed by atoms with Crippen LogP contribution >= 0.6 is 11.8 Å². The lowest BCUT2D eigenvalue weighted by Gasteiger charge is -2.43. The van der Waals surface area contributed by atoms with Crippen molar-refractivity contribution in [3.63, 3.8) is 0 Å². The minimum Gasteiger partial charge on any atom is -0.466 e. The molecule has 1 fully saturated rings. The maximum absolute atomic E-state index is 12.3. The van der Waals surface area contributed by atoms with E-state index in [1.165, 1.54) is 32.7 Å². The molecule has 2 aliphatic rings. The van der Waals surface area contributed by atoms with E-state index >= 15 is 0 Å². The van der Waals surface area contributed by atoms with Crippen LogP contribution in [-0.4, -0.2) is 63.6 Å². The predicted octanol–water partition coefficient (Wildman–Crippen LogP) is -0.804. The Labute approximate surface area is 119 Å². The van der Waals surface area contributed by atoms with Gasteiger partial charge in [-0.15, -0.1) is 11.8 Å². The molecule has 2 amide bonds. The Morgan fingerprint density at radius 1 is 1.35 bits per heavy atom. The third kappa shape index (κ3) is 1.80. The van der Waals surface area contributed by atoms with Gasteiger partial charge in [-0.05, 0) is 0 Å². The van der Waals surface area contributed by atoms with Crippen LogP contribution in [0.3, 0.4) is 0 Å². The van der Waals surface area contributed by atoms with Crippen molar-refractivity contribution >= 4 is 41.0 Å². The Hall–Kier alpha value is -1.90. The summed E-state index contributed by atoms with van der Waals surface area (Å²) in [6, 6.07) is 0. The summed E-state index contributed by atoms with van der Waals surface area (Å²) in [5.41, 5.74) is -1.95. The second-order valence-electron chi connectivity index (χ2n) is 4.35. The van der Waals surface area contributed by atoms with Gasteiger partial charge >= 0.3 is 5.97 Å². The van der Waals surface area contributed by atoms with Crippen LogP contribution in [0.2, 0.25) is 0 Å². The number of nitrogens with zero attached hydrogens (tertiary/aromatic N) is 3. The molecule has 0 bridgehead atoms. The SMILES string of the molecule is COC(=O)[C@]12CSCN1C(=O)C(C(C)=O)=NN2C(C)=O. The van der Waals surface area contributed by atoms with Crippen LogP contribution < -0.4 is 0 Å². The quantitative estimate of drug-likeness (QED) is 0.619. The van der Waals surface area contributed by atoms with Crippen molar-refractivity contribution in [3.8, 4) is 0 Å². The molecule has 2 aliphatic heterocycles. The van der Waals surface area contributed by atoms with Crippen molar-refractivity contribution in [2.24, 2.45) is 5.10 Å². The van der Waals surface area contributed by atoms with Crippen LogP contribution in [0.4, 0.5) is 0 Å². The molecule has 1 saturated heterocycles. The van der Waals surface area contributed by atoms with Gasteiger partial charge in [0.25, 0.3) is 5.91 Å². The zero-order valence-corrected chi connectivity index (χ0v) is 12.0. The van der Waals surface area contributed by atoms with E-state index < -0.39 is 29.2 Å². The highest BCUT2D eigenvalue weighted by Crippen LogP contribution is 2.38. The van der Waals surface area contributed by atoms with E-state index in [4.69, 9.17) is 4.74 Å². The van der Waals surface area contributed by atoms with Crippen LogP contribution in [0.25, 0.3) is 0 Å². The summed E-state index contributed by atoms with van der Waals surface area (Å²) in [5, 5.41) is 4.66. The molecule has 0 aromatic rings. The fourth-order valence-corrected chi connectivity index (χ4v) is 3.48. The number of rotatable bonds is 2. The molecule has 0 radical (unpaired) electrons. The van der Waals surface area contributed by atoms with Gasteiger partial charge in [0.1, 0.15) is 0 Å². The average molecular weight is 299 g/mol. The lowest BCUT2D eigenvalue weighted by molar-refractivity contribution is -0.177. The Morgan fingerprint density at radius 2 is 2.00 bits per heavy atom. The van der Waals surface area contributed by atoms with Crippen molar-refractivity contribution in [2.75, 3.05) is 18.7 Å². The molecule has 9 heteroatoms. The minimum absolute atomic E-state index is 0.152. The fourth-order valence-electron chi connectivity index (χ4n) is 2.19. The van der Waals surface area contributed by atoms with E-state index in [2.05, 4.69) is 5.10 Å². The topological polar surface area (TPSA) is 96.3 Å². The van der Waals surface area contributed by atoms with Crippen LogP contribution in [0, 0.1) is 0 Å². The molecule has 1 atom stereocenters. The second kappa shape index (κ2) is 4.89. The van der Waals surface area contributed by atoms with Crippen molar-refractivity contribution in [1.29, 1.82) is 0 Å². The van der Waals surface area contributed by atoms with Crippen LogP contribution in [0.1, 0.15) is 13.8 Å². The molecule has 0 saturated carbocycles. The van der Waals surface area contributed by atoms with E-state index in [0.29, 0.717) is 0 Å². The van der Waals surface area contributed by atoms with Crippen molar-refractivity contribution in [3.05, 3.63) is 0 Å². The van der Waals surface area contributed by atoms with E-state index in [1.807, 2.05) is 0 Å². The molecule has 2 heterocycles. The largest absolute Gasteiger partial charge is 0.466 e. The molecule has 0 N–H and O–H groups in total. The second-order valence-corrected chi connectivity index (χ2v) is 5.31. The van der Waals surface area contributed by atoms with Gasteiger partial charge in [-0.2, -0.15) is 10.1 Å². The summed E-state index contributed by atoms with van der Waals surface area (Å²) in [6.45, 7) is 2.40. The number of hydrogen-bond acceptors (Lipinski definition) is 7. The molecule has 2 rings (SSSR count). The maximum Gasteiger partial charge on any atom is 0.356 e. The Balaban J connectivity index is 2.64. The summed E-state index contributed by atoms with van der Waals surface area (Å²) in [4.78, 5) is 48.8. The first-order valence-electron chi connectivity index (χ1n) is 5.74. The summed E-state index contributed by atoms with van der Waals surface area (Å²) in [6.07, 6.45) is 0. The van der Waals surface area contributed by atoms with Gasteiger partial charge in [-0.25, -0.2) is 4.79 Å². The van der Waals surface area contributed by atoms with Crippen LogP contribution in [0.15, 0.2) is 5.10 Å². The summed E-state index contributed by atoms with van der Waals surface area (Å²) < 4.78 is 4.72. The zero-order chi connectivity index (χ0) is 15.1. The monoisotopic (exact) mass is 299 g/mol. The van der Waals surface area contributed by atoms with Gasteiger partial charge in [0.2, 0.25) is 11.6 Å². The number of ketones is 1. The molecular formula is C11H13N3O5S. The number of carbonyl (C=O) groups is 4. The van der Waals surface area contributed by atoms with E-state index in [0.717, 1.165) is 9.91 Å². The van der Waals surface area contributed by atoms with Crippen LogP contribution in [0.5, 0.6) is 0 Å². The summed E-state index contributed by atoms with van der Waals surface area (Å²) >= 11 is 1.29. The summed E-state index contributed by atoms with van der Waals surface area (Å²) in [5.74, 6) is -2.18. The molecular weight excluding hydrogens is 286 g/mol. The van der Waals surface area contributed by atoms with Gasteiger partial charge in [-0.3, -0.25) is 19.3 Å². The number of amides is 2. The minimum atomic E-state index is -1.60. The molecule has 108 valence electrons. The predicted molar refractivity (Wildman–Crippen MR) is 69.6 cm³/mol. The van der Waals surface area contributed by atoms with Gasteiger partial charge in [-0.1, -0.05) is 0 Å². The number of hydrogen-bond donors (Lipinski definition) is 0. The van der Waals surface area contributed by atoms with Gasteiger partial charge < -0.3 is 4.74 Å².